The zero-order valence-corrected chi connectivity index (χ0v) is 14.8. The highest BCUT2D eigenvalue weighted by molar-refractivity contribution is 7.80. The van der Waals surface area contributed by atoms with Crippen LogP contribution in [0.1, 0.15) is 72.6 Å². The third kappa shape index (κ3) is 5.00. The molecule has 0 aliphatic heterocycles. The predicted octanol–water partition coefficient (Wildman–Crippen LogP) is 6.33. The van der Waals surface area contributed by atoms with Crippen LogP contribution >= 0.6 is 12.6 Å². The zero-order chi connectivity index (χ0) is 16.0. The number of carbonyl (C=O) groups is 1. The van der Waals surface area contributed by atoms with Crippen molar-refractivity contribution in [2.75, 3.05) is 5.32 Å². The molecule has 1 saturated carbocycles. The molecular formula is C20H33NOS. The highest BCUT2D eigenvalue weighted by Gasteiger charge is 2.40. The number of rotatable bonds is 6. The van der Waals surface area contributed by atoms with Crippen molar-refractivity contribution in [3.8, 4) is 0 Å². The molecule has 1 amide bonds. The Bertz CT molecular complexity index is 490. The normalized spacial score (nSPS) is 16.7. The van der Waals surface area contributed by atoms with Crippen LogP contribution in [0.25, 0.3) is 0 Å². The molecule has 1 fully saturated rings. The van der Waals surface area contributed by atoms with Crippen molar-refractivity contribution in [2.45, 2.75) is 77.5 Å². The Labute approximate surface area is 147 Å². The first-order chi connectivity index (χ1) is 10.6. The van der Waals surface area contributed by atoms with Gasteiger partial charge in [-0.25, -0.2) is 0 Å². The van der Waals surface area contributed by atoms with Gasteiger partial charge < -0.3 is 5.32 Å². The van der Waals surface area contributed by atoms with E-state index in [-0.39, 0.29) is 18.7 Å². The topological polar surface area (TPSA) is 29.1 Å². The van der Waals surface area contributed by atoms with E-state index < -0.39 is 0 Å². The Morgan fingerprint density at radius 1 is 1.17 bits per heavy atom. The third-order valence-electron chi connectivity index (χ3n) is 5.28. The van der Waals surface area contributed by atoms with Crippen LogP contribution in [-0.2, 0) is 4.79 Å². The van der Waals surface area contributed by atoms with E-state index in [1.54, 1.807) is 0 Å². The number of hydrogen-bond acceptors (Lipinski definition) is 2. The summed E-state index contributed by atoms with van der Waals surface area (Å²) in [6.45, 7) is 4.48. The third-order valence-corrected chi connectivity index (χ3v) is 5.67. The van der Waals surface area contributed by atoms with Gasteiger partial charge in [-0.1, -0.05) is 65.5 Å². The summed E-state index contributed by atoms with van der Waals surface area (Å²) in [4.78, 5) is 13.9. The summed E-state index contributed by atoms with van der Waals surface area (Å²) in [6.07, 6.45) is 9.03. The molecular weight excluding hydrogens is 302 g/mol. The molecule has 3 heteroatoms. The van der Waals surface area contributed by atoms with Gasteiger partial charge in [0.15, 0.2) is 0 Å². The lowest BCUT2D eigenvalue weighted by atomic mass is 9.67. The maximum atomic E-state index is 13.1. The Morgan fingerprint density at radius 3 is 2.35 bits per heavy atom. The summed E-state index contributed by atoms with van der Waals surface area (Å²) in [5.41, 5.74) is 0.663. The van der Waals surface area contributed by atoms with Gasteiger partial charge in [-0.15, -0.1) is 12.6 Å². The van der Waals surface area contributed by atoms with Crippen molar-refractivity contribution >= 4 is 24.2 Å². The first kappa shape index (κ1) is 20.1. The van der Waals surface area contributed by atoms with Crippen molar-refractivity contribution in [1.82, 2.24) is 0 Å². The lowest BCUT2D eigenvalue weighted by Crippen LogP contribution is -2.39. The molecule has 2 nitrogen and oxygen atoms in total. The monoisotopic (exact) mass is 335 g/mol. The second kappa shape index (κ2) is 9.36. The average Bonchev–Trinajstić information content (AvgIpc) is 2.55. The standard InChI is InChI=1S/C19H29NOS.CH4/c1-3-15(4-2)14-19(12-8-5-9-13-19)18(21)20-16-10-6-7-11-17(16)22;/h6-7,10-11,15,22H,3-5,8-9,12-14H2,1-2H3,(H,20,21);1H4. The van der Waals surface area contributed by atoms with Crippen LogP contribution in [0.2, 0.25) is 0 Å². The van der Waals surface area contributed by atoms with E-state index in [0.29, 0.717) is 5.92 Å². The van der Waals surface area contributed by atoms with E-state index in [4.69, 9.17) is 0 Å². The number of benzene rings is 1. The molecule has 1 N–H and O–H groups in total. The van der Waals surface area contributed by atoms with Crippen molar-refractivity contribution in [3.05, 3.63) is 24.3 Å². The lowest BCUT2D eigenvalue weighted by molar-refractivity contribution is -0.128. The fourth-order valence-electron chi connectivity index (χ4n) is 3.72. The minimum Gasteiger partial charge on any atom is -0.325 e. The van der Waals surface area contributed by atoms with Crippen LogP contribution in [-0.4, -0.2) is 5.91 Å². The molecule has 0 heterocycles. The van der Waals surface area contributed by atoms with Crippen LogP contribution in [0, 0.1) is 11.3 Å². The average molecular weight is 336 g/mol. The summed E-state index contributed by atoms with van der Waals surface area (Å²) in [7, 11) is 0. The maximum absolute atomic E-state index is 13.1. The minimum atomic E-state index is -0.176. The van der Waals surface area contributed by atoms with Crippen LogP contribution in [0.3, 0.4) is 0 Å². The fraction of sp³-hybridized carbons (Fsp3) is 0.650. The largest absolute Gasteiger partial charge is 0.325 e. The van der Waals surface area contributed by atoms with Crippen LogP contribution < -0.4 is 5.32 Å². The Hall–Kier alpha value is -0.960. The smallest absolute Gasteiger partial charge is 0.230 e. The molecule has 2 rings (SSSR count). The number of hydrogen-bond donors (Lipinski definition) is 2. The van der Waals surface area contributed by atoms with Gasteiger partial charge >= 0.3 is 0 Å². The second-order valence-corrected chi connectivity index (χ2v) is 7.18. The van der Waals surface area contributed by atoms with Gasteiger partial charge in [0.2, 0.25) is 5.91 Å². The van der Waals surface area contributed by atoms with E-state index in [0.717, 1.165) is 42.7 Å². The Kier molecular flexibility index (Phi) is 8.18. The number of amides is 1. The number of thiol groups is 1. The zero-order valence-electron chi connectivity index (χ0n) is 13.9. The van der Waals surface area contributed by atoms with Gasteiger partial charge in [0.1, 0.15) is 0 Å². The number of nitrogens with one attached hydrogen (secondary N) is 1. The minimum absolute atomic E-state index is 0. The molecule has 0 saturated heterocycles. The van der Waals surface area contributed by atoms with Gasteiger partial charge in [0.05, 0.1) is 5.69 Å². The van der Waals surface area contributed by atoms with Crippen molar-refractivity contribution < 1.29 is 4.79 Å². The highest BCUT2D eigenvalue weighted by atomic mass is 32.1. The lowest BCUT2D eigenvalue weighted by Gasteiger charge is -2.38. The molecule has 1 aromatic carbocycles. The molecule has 1 aromatic rings. The SMILES string of the molecule is C.CCC(CC)CC1(C(=O)Nc2ccccc2S)CCCCC1. The second-order valence-electron chi connectivity index (χ2n) is 6.70. The quantitative estimate of drug-likeness (QED) is 0.585. The molecule has 0 aromatic heterocycles. The van der Waals surface area contributed by atoms with E-state index >= 15 is 0 Å². The van der Waals surface area contributed by atoms with Crippen LogP contribution in [0.5, 0.6) is 0 Å². The molecule has 0 spiro atoms. The molecule has 1 aliphatic rings. The van der Waals surface area contributed by atoms with E-state index in [2.05, 4.69) is 31.8 Å². The van der Waals surface area contributed by atoms with Crippen molar-refractivity contribution in [2.24, 2.45) is 11.3 Å². The molecule has 130 valence electrons. The van der Waals surface area contributed by atoms with E-state index in [9.17, 15) is 4.79 Å². The summed E-state index contributed by atoms with van der Waals surface area (Å²) in [6, 6.07) is 7.75. The summed E-state index contributed by atoms with van der Waals surface area (Å²) in [5.74, 6) is 0.857. The first-order valence-corrected chi connectivity index (χ1v) is 9.15. The summed E-state index contributed by atoms with van der Waals surface area (Å²) in [5, 5.41) is 3.16. The fourth-order valence-corrected chi connectivity index (χ4v) is 3.93. The van der Waals surface area contributed by atoms with Gasteiger partial charge in [-0.2, -0.15) is 0 Å². The van der Waals surface area contributed by atoms with Gasteiger partial charge in [0, 0.05) is 10.3 Å². The Balaban J connectivity index is 0.00000264. The van der Waals surface area contributed by atoms with E-state index in [1.807, 2.05) is 24.3 Å². The molecule has 23 heavy (non-hydrogen) atoms. The predicted molar refractivity (Wildman–Crippen MR) is 103 cm³/mol. The van der Waals surface area contributed by atoms with Crippen molar-refractivity contribution in [3.63, 3.8) is 0 Å². The number of anilines is 1. The van der Waals surface area contributed by atoms with Crippen molar-refractivity contribution in [1.29, 1.82) is 0 Å². The summed E-state index contributed by atoms with van der Waals surface area (Å²) >= 11 is 4.46. The first-order valence-electron chi connectivity index (χ1n) is 8.70. The van der Waals surface area contributed by atoms with E-state index in [1.165, 1.54) is 19.3 Å². The number of carbonyl (C=O) groups excluding carboxylic acids is 1. The molecule has 0 atom stereocenters. The van der Waals surface area contributed by atoms with Crippen LogP contribution in [0.4, 0.5) is 5.69 Å². The molecule has 0 radical (unpaired) electrons. The van der Waals surface area contributed by atoms with Crippen LogP contribution in [0.15, 0.2) is 29.2 Å². The number of para-hydroxylation sites is 1. The maximum Gasteiger partial charge on any atom is 0.230 e. The summed E-state index contributed by atoms with van der Waals surface area (Å²) < 4.78 is 0. The van der Waals surface area contributed by atoms with Gasteiger partial charge in [0.25, 0.3) is 0 Å². The van der Waals surface area contributed by atoms with Gasteiger partial charge in [-0.3, -0.25) is 4.79 Å². The highest BCUT2D eigenvalue weighted by Crippen LogP contribution is 2.44. The molecule has 0 unspecified atom stereocenters. The molecule has 0 bridgehead atoms. The molecule has 1 aliphatic carbocycles. The van der Waals surface area contributed by atoms with Gasteiger partial charge in [-0.05, 0) is 37.3 Å². The Morgan fingerprint density at radius 2 is 1.78 bits per heavy atom.